The fraction of sp³-hybridized carbons (Fsp3) is 0.333. The number of rotatable bonds is 6. The van der Waals surface area contributed by atoms with Gasteiger partial charge < -0.3 is 20.6 Å². The summed E-state index contributed by atoms with van der Waals surface area (Å²) in [5, 5.41) is 38.9. The standard InChI is InChI=1S/C12H16N4O3/c17-10-3-2-9(11(18)12(10)19)8-13-4-1-6-16-7-5-14-15-16/h2-3,5,7,13,17-19H,1,4,6,8H2. The van der Waals surface area contributed by atoms with Crippen molar-refractivity contribution in [2.24, 2.45) is 0 Å². The third kappa shape index (κ3) is 3.35. The lowest BCUT2D eigenvalue weighted by atomic mass is 10.1. The molecule has 0 aliphatic carbocycles. The van der Waals surface area contributed by atoms with Gasteiger partial charge in [-0.05, 0) is 19.0 Å². The fourth-order valence-electron chi connectivity index (χ4n) is 1.69. The molecule has 102 valence electrons. The smallest absolute Gasteiger partial charge is 0.200 e. The molecule has 2 aromatic rings. The van der Waals surface area contributed by atoms with Crippen molar-refractivity contribution >= 4 is 0 Å². The van der Waals surface area contributed by atoms with Gasteiger partial charge in [0.15, 0.2) is 11.5 Å². The average Bonchev–Trinajstić information content (AvgIpc) is 2.91. The van der Waals surface area contributed by atoms with Crippen LogP contribution in [-0.4, -0.2) is 36.9 Å². The van der Waals surface area contributed by atoms with Crippen LogP contribution in [0.5, 0.6) is 17.2 Å². The molecule has 7 nitrogen and oxygen atoms in total. The third-order valence-electron chi connectivity index (χ3n) is 2.74. The van der Waals surface area contributed by atoms with E-state index in [1.165, 1.54) is 6.07 Å². The molecule has 0 spiro atoms. The van der Waals surface area contributed by atoms with Crippen LogP contribution in [0.1, 0.15) is 12.0 Å². The van der Waals surface area contributed by atoms with Gasteiger partial charge in [-0.1, -0.05) is 11.3 Å². The highest BCUT2D eigenvalue weighted by molar-refractivity contribution is 5.52. The van der Waals surface area contributed by atoms with E-state index in [2.05, 4.69) is 15.6 Å². The first kappa shape index (κ1) is 13.2. The van der Waals surface area contributed by atoms with Gasteiger partial charge in [0.25, 0.3) is 0 Å². The Hall–Kier alpha value is -2.28. The zero-order chi connectivity index (χ0) is 13.7. The van der Waals surface area contributed by atoms with Gasteiger partial charge in [0, 0.05) is 24.8 Å². The molecule has 0 radical (unpaired) electrons. The van der Waals surface area contributed by atoms with Crippen molar-refractivity contribution in [2.45, 2.75) is 19.5 Å². The first-order valence-corrected chi connectivity index (χ1v) is 5.96. The third-order valence-corrected chi connectivity index (χ3v) is 2.74. The summed E-state index contributed by atoms with van der Waals surface area (Å²) in [6.07, 6.45) is 4.29. The highest BCUT2D eigenvalue weighted by Gasteiger charge is 2.10. The number of nitrogens with zero attached hydrogens (tertiary/aromatic N) is 3. The molecule has 0 saturated carbocycles. The zero-order valence-corrected chi connectivity index (χ0v) is 10.3. The van der Waals surface area contributed by atoms with E-state index in [0.29, 0.717) is 12.1 Å². The lowest BCUT2D eigenvalue weighted by Crippen LogP contribution is -2.16. The summed E-state index contributed by atoms with van der Waals surface area (Å²) in [4.78, 5) is 0. The largest absolute Gasteiger partial charge is 0.504 e. The molecule has 0 unspecified atom stereocenters. The molecule has 7 heteroatoms. The molecule has 0 saturated heterocycles. The lowest BCUT2D eigenvalue weighted by molar-refractivity contribution is 0.364. The number of phenols is 3. The van der Waals surface area contributed by atoms with Crippen LogP contribution in [0.15, 0.2) is 24.5 Å². The van der Waals surface area contributed by atoms with E-state index < -0.39 is 5.75 Å². The normalized spacial score (nSPS) is 10.7. The Balaban J connectivity index is 1.75. The van der Waals surface area contributed by atoms with Crippen molar-refractivity contribution in [2.75, 3.05) is 6.54 Å². The number of phenolic OH excluding ortho intramolecular Hbond substituents is 3. The Morgan fingerprint density at radius 3 is 2.74 bits per heavy atom. The van der Waals surface area contributed by atoms with Gasteiger partial charge in [-0.25, -0.2) is 0 Å². The van der Waals surface area contributed by atoms with E-state index in [4.69, 9.17) is 0 Å². The second kappa shape index (κ2) is 6.05. The van der Waals surface area contributed by atoms with Crippen molar-refractivity contribution in [3.63, 3.8) is 0 Å². The molecule has 4 N–H and O–H groups in total. The van der Waals surface area contributed by atoms with Gasteiger partial charge in [-0.2, -0.15) is 0 Å². The lowest BCUT2D eigenvalue weighted by Gasteiger charge is -2.09. The average molecular weight is 264 g/mol. The predicted octanol–water partition coefficient (Wildman–Crippen LogP) is 0.575. The minimum absolute atomic E-state index is 0.288. The van der Waals surface area contributed by atoms with Crippen LogP contribution in [0.3, 0.4) is 0 Å². The first-order valence-electron chi connectivity index (χ1n) is 5.96. The van der Waals surface area contributed by atoms with Crippen molar-refractivity contribution in [3.05, 3.63) is 30.1 Å². The number of nitrogens with one attached hydrogen (secondary N) is 1. The Morgan fingerprint density at radius 2 is 2.00 bits per heavy atom. The SMILES string of the molecule is Oc1ccc(CNCCCn2ccnn2)c(O)c1O. The molecule has 0 aliphatic heterocycles. The molecule has 2 rings (SSSR count). The van der Waals surface area contributed by atoms with E-state index in [9.17, 15) is 15.3 Å². The maximum atomic E-state index is 9.61. The van der Waals surface area contributed by atoms with Crippen molar-refractivity contribution in [3.8, 4) is 17.2 Å². The van der Waals surface area contributed by atoms with Crippen molar-refractivity contribution in [1.29, 1.82) is 0 Å². The van der Waals surface area contributed by atoms with Crippen LogP contribution in [0.25, 0.3) is 0 Å². The molecule has 0 atom stereocenters. The predicted molar refractivity (Wildman–Crippen MR) is 67.8 cm³/mol. The van der Waals surface area contributed by atoms with Gasteiger partial charge in [-0.15, -0.1) is 5.10 Å². The molecule has 0 aliphatic rings. The minimum Gasteiger partial charge on any atom is -0.504 e. The molecule has 0 bridgehead atoms. The maximum Gasteiger partial charge on any atom is 0.200 e. The molecule has 0 amide bonds. The minimum atomic E-state index is -0.484. The van der Waals surface area contributed by atoms with Crippen LogP contribution >= 0.6 is 0 Å². The summed E-state index contributed by atoms with van der Waals surface area (Å²) in [5.74, 6) is -1.10. The summed E-state index contributed by atoms with van der Waals surface area (Å²) in [5.41, 5.74) is 0.538. The summed E-state index contributed by atoms with van der Waals surface area (Å²) in [7, 11) is 0. The summed E-state index contributed by atoms with van der Waals surface area (Å²) >= 11 is 0. The van der Waals surface area contributed by atoms with Crippen LogP contribution in [0.2, 0.25) is 0 Å². The summed E-state index contributed by atoms with van der Waals surface area (Å²) in [6, 6.07) is 2.91. The first-order chi connectivity index (χ1) is 9.18. The van der Waals surface area contributed by atoms with Gasteiger partial charge >= 0.3 is 0 Å². The molecule has 1 aromatic heterocycles. The van der Waals surface area contributed by atoms with E-state index in [1.54, 1.807) is 23.1 Å². The second-order valence-electron chi connectivity index (χ2n) is 4.14. The molecule has 19 heavy (non-hydrogen) atoms. The number of aromatic hydroxyl groups is 3. The van der Waals surface area contributed by atoms with Crippen LogP contribution < -0.4 is 5.32 Å². The van der Waals surface area contributed by atoms with Gasteiger partial charge in [0.1, 0.15) is 0 Å². The maximum absolute atomic E-state index is 9.61. The zero-order valence-electron chi connectivity index (χ0n) is 10.3. The van der Waals surface area contributed by atoms with E-state index in [-0.39, 0.29) is 11.5 Å². The quantitative estimate of drug-likeness (QED) is 0.449. The molecular formula is C12H16N4O3. The van der Waals surface area contributed by atoms with Crippen molar-refractivity contribution < 1.29 is 15.3 Å². The molecule has 0 fully saturated rings. The molecule has 1 aromatic carbocycles. The monoisotopic (exact) mass is 264 g/mol. The Bertz CT molecular complexity index is 528. The topological polar surface area (TPSA) is 103 Å². The molecule has 1 heterocycles. The summed E-state index contributed by atoms with van der Waals surface area (Å²) < 4.78 is 1.74. The Labute approximate surface area is 110 Å². The highest BCUT2D eigenvalue weighted by atomic mass is 16.3. The number of aromatic nitrogens is 3. The van der Waals surface area contributed by atoms with Crippen LogP contribution in [0, 0.1) is 0 Å². The van der Waals surface area contributed by atoms with Crippen LogP contribution in [0.4, 0.5) is 0 Å². The fourth-order valence-corrected chi connectivity index (χ4v) is 1.69. The van der Waals surface area contributed by atoms with Crippen LogP contribution in [-0.2, 0) is 13.1 Å². The number of benzene rings is 1. The molecular weight excluding hydrogens is 248 g/mol. The van der Waals surface area contributed by atoms with E-state index in [0.717, 1.165) is 19.5 Å². The Morgan fingerprint density at radius 1 is 1.16 bits per heavy atom. The van der Waals surface area contributed by atoms with Crippen molar-refractivity contribution in [1.82, 2.24) is 20.3 Å². The van der Waals surface area contributed by atoms with Gasteiger partial charge in [0.05, 0.1) is 6.20 Å². The van der Waals surface area contributed by atoms with Gasteiger partial charge in [-0.3, -0.25) is 4.68 Å². The highest BCUT2D eigenvalue weighted by Crippen LogP contribution is 2.36. The second-order valence-corrected chi connectivity index (χ2v) is 4.14. The Kier molecular flexibility index (Phi) is 4.19. The number of hydrogen-bond donors (Lipinski definition) is 4. The van der Waals surface area contributed by atoms with E-state index in [1.807, 2.05) is 0 Å². The number of hydrogen-bond acceptors (Lipinski definition) is 6. The van der Waals surface area contributed by atoms with E-state index >= 15 is 0 Å². The summed E-state index contributed by atoms with van der Waals surface area (Å²) in [6.45, 7) is 1.91. The van der Waals surface area contributed by atoms with Gasteiger partial charge in [0.2, 0.25) is 5.75 Å². The number of aryl methyl sites for hydroxylation is 1.